The maximum absolute atomic E-state index is 3.61. The molecule has 0 saturated heterocycles. The van der Waals surface area contributed by atoms with Crippen molar-refractivity contribution in [3.63, 3.8) is 0 Å². The van der Waals surface area contributed by atoms with E-state index < -0.39 is 0 Å². The lowest BCUT2D eigenvalue weighted by Gasteiger charge is -2.28. The molecule has 0 fully saturated rings. The van der Waals surface area contributed by atoms with Crippen molar-refractivity contribution in [2.75, 3.05) is 5.32 Å². The van der Waals surface area contributed by atoms with Crippen molar-refractivity contribution in [2.24, 2.45) is 5.92 Å². The summed E-state index contributed by atoms with van der Waals surface area (Å²) < 4.78 is 0. The van der Waals surface area contributed by atoms with E-state index in [-0.39, 0.29) is 4.87 Å². The van der Waals surface area contributed by atoms with Crippen LogP contribution in [0.3, 0.4) is 0 Å². The molecule has 1 N–H and O–H groups in total. The fourth-order valence-corrected chi connectivity index (χ4v) is 3.42. The summed E-state index contributed by atoms with van der Waals surface area (Å²) in [5, 5.41) is 3.61. The van der Waals surface area contributed by atoms with E-state index in [1.54, 1.807) is 0 Å². The Kier molecular flexibility index (Phi) is 1.93. The van der Waals surface area contributed by atoms with E-state index in [0.717, 1.165) is 0 Å². The van der Waals surface area contributed by atoms with Crippen molar-refractivity contribution in [1.29, 1.82) is 0 Å². The van der Waals surface area contributed by atoms with Gasteiger partial charge in [0.1, 0.15) is 0 Å². The smallest absolute Gasteiger partial charge is 0.0950 e. The van der Waals surface area contributed by atoms with Gasteiger partial charge in [-0.05, 0) is 19.1 Å². The Bertz CT molecular complexity index is 411. The maximum Gasteiger partial charge on any atom is 0.0950 e. The Morgan fingerprint density at radius 2 is 1.93 bits per heavy atom. The van der Waals surface area contributed by atoms with E-state index in [2.05, 4.69) is 60.8 Å². The van der Waals surface area contributed by atoms with Crippen LogP contribution in [0.15, 0.2) is 53.5 Å². The number of thioether (sulfide) groups is 1. The predicted octanol–water partition coefficient (Wildman–Crippen LogP) is 3.66. The highest BCUT2D eigenvalue weighted by atomic mass is 32.2. The number of hydrogen-bond donors (Lipinski definition) is 1. The molecule has 76 valence electrons. The highest BCUT2D eigenvalue weighted by Gasteiger charge is 2.38. The van der Waals surface area contributed by atoms with Gasteiger partial charge in [0.25, 0.3) is 0 Å². The third-order valence-electron chi connectivity index (χ3n) is 2.98. The first-order valence-corrected chi connectivity index (χ1v) is 6.01. The molecule has 1 aromatic rings. The number of allylic oxidation sites excluding steroid dienone is 2. The van der Waals surface area contributed by atoms with Crippen LogP contribution in [0.5, 0.6) is 0 Å². The highest BCUT2D eigenvalue weighted by Crippen LogP contribution is 2.49. The average Bonchev–Trinajstić information content (AvgIpc) is 2.83. The van der Waals surface area contributed by atoms with Crippen LogP contribution in [0.4, 0.5) is 5.69 Å². The zero-order chi connectivity index (χ0) is 10.3. The molecular weight excluding hydrogens is 202 g/mol. The van der Waals surface area contributed by atoms with E-state index in [0.29, 0.717) is 5.92 Å². The summed E-state index contributed by atoms with van der Waals surface area (Å²) in [5.41, 5.74) is 1.26. The minimum Gasteiger partial charge on any atom is -0.369 e. The molecule has 0 spiro atoms. The number of rotatable bonds is 1. The zero-order valence-corrected chi connectivity index (χ0v) is 9.42. The van der Waals surface area contributed by atoms with Gasteiger partial charge in [0, 0.05) is 16.5 Å². The highest BCUT2D eigenvalue weighted by molar-refractivity contribution is 8.01. The first kappa shape index (κ1) is 9.10. The molecule has 2 heteroatoms. The molecule has 1 nitrogen and oxygen atoms in total. The number of hydrogen-bond acceptors (Lipinski definition) is 2. The number of anilines is 1. The van der Waals surface area contributed by atoms with Crippen molar-refractivity contribution < 1.29 is 0 Å². The van der Waals surface area contributed by atoms with E-state index in [9.17, 15) is 0 Å². The van der Waals surface area contributed by atoms with Crippen molar-refractivity contribution in [3.05, 3.63) is 48.6 Å². The topological polar surface area (TPSA) is 12.0 Å². The van der Waals surface area contributed by atoms with Gasteiger partial charge < -0.3 is 5.32 Å². The normalized spacial score (nSPS) is 28.1. The maximum atomic E-state index is 3.61. The van der Waals surface area contributed by atoms with E-state index in [1.807, 2.05) is 11.8 Å². The second kappa shape index (κ2) is 3.17. The molecule has 1 aliphatic heterocycles. The van der Waals surface area contributed by atoms with Gasteiger partial charge in [0.05, 0.1) is 4.87 Å². The molecule has 1 atom stereocenters. The second-order valence-electron chi connectivity index (χ2n) is 4.13. The van der Waals surface area contributed by atoms with Crippen LogP contribution in [0, 0.1) is 5.92 Å². The summed E-state index contributed by atoms with van der Waals surface area (Å²) in [6.07, 6.45) is 8.76. The van der Waals surface area contributed by atoms with Gasteiger partial charge in [-0.3, -0.25) is 0 Å². The molecule has 1 aromatic carbocycles. The Morgan fingerprint density at radius 3 is 2.67 bits per heavy atom. The molecular formula is C13H13NS. The molecule has 1 unspecified atom stereocenters. The lowest BCUT2D eigenvalue weighted by molar-refractivity contribution is 0.634. The lowest BCUT2D eigenvalue weighted by Crippen LogP contribution is -2.33. The summed E-state index contributed by atoms with van der Waals surface area (Å²) >= 11 is 1.92. The summed E-state index contributed by atoms with van der Waals surface area (Å²) in [7, 11) is 0. The average molecular weight is 215 g/mol. The number of nitrogens with one attached hydrogen (secondary N) is 1. The van der Waals surface area contributed by atoms with Gasteiger partial charge in [0.15, 0.2) is 0 Å². The van der Waals surface area contributed by atoms with Gasteiger partial charge in [-0.1, -0.05) is 48.2 Å². The van der Waals surface area contributed by atoms with Crippen molar-refractivity contribution >= 4 is 17.4 Å². The van der Waals surface area contributed by atoms with E-state index in [4.69, 9.17) is 0 Å². The Morgan fingerprint density at radius 1 is 1.20 bits per heavy atom. The quantitative estimate of drug-likeness (QED) is 0.767. The number of fused-ring (bicyclic) bond motifs is 1. The summed E-state index contributed by atoms with van der Waals surface area (Å²) in [4.78, 5) is 1.43. The van der Waals surface area contributed by atoms with Gasteiger partial charge in [-0.15, -0.1) is 0 Å². The van der Waals surface area contributed by atoms with Crippen LogP contribution in [-0.2, 0) is 0 Å². The van der Waals surface area contributed by atoms with Crippen molar-refractivity contribution in [3.8, 4) is 0 Å². The van der Waals surface area contributed by atoms with Crippen molar-refractivity contribution in [2.45, 2.75) is 16.7 Å². The SMILES string of the molecule is CC1(C2C=CC=C2)Nc2ccccc2S1. The molecule has 3 rings (SSSR count). The lowest BCUT2D eigenvalue weighted by atomic mass is 10.0. The fraction of sp³-hybridized carbons (Fsp3) is 0.231. The minimum absolute atomic E-state index is 0.0766. The molecule has 0 saturated carbocycles. The van der Waals surface area contributed by atoms with Crippen LogP contribution in [-0.4, -0.2) is 4.87 Å². The first-order valence-electron chi connectivity index (χ1n) is 5.19. The molecule has 0 amide bonds. The van der Waals surface area contributed by atoms with E-state index in [1.165, 1.54) is 10.6 Å². The van der Waals surface area contributed by atoms with Crippen LogP contribution in [0.1, 0.15) is 6.92 Å². The fourth-order valence-electron chi connectivity index (χ4n) is 2.13. The standard InChI is InChI=1S/C13H13NS/c1-13(10-6-2-3-7-10)14-11-8-4-5-9-12(11)15-13/h2-10,14H,1H3. The van der Waals surface area contributed by atoms with Crippen molar-refractivity contribution in [1.82, 2.24) is 0 Å². The molecule has 0 radical (unpaired) electrons. The number of benzene rings is 1. The molecule has 1 aliphatic carbocycles. The van der Waals surface area contributed by atoms with Gasteiger partial charge >= 0.3 is 0 Å². The summed E-state index contributed by atoms with van der Waals surface area (Å²) in [6.45, 7) is 2.27. The van der Waals surface area contributed by atoms with Crippen LogP contribution in [0.2, 0.25) is 0 Å². The molecule has 0 bridgehead atoms. The van der Waals surface area contributed by atoms with Gasteiger partial charge in [-0.25, -0.2) is 0 Å². The Hall–Kier alpha value is -1.15. The predicted molar refractivity (Wildman–Crippen MR) is 66.1 cm³/mol. The molecule has 1 heterocycles. The third kappa shape index (κ3) is 1.40. The van der Waals surface area contributed by atoms with Gasteiger partial charge in [0.2, 0.25) is 0 Å². The van der Waals surface area contributed by atoms with Crippen LogP contribution < -0.4 is 5.32 Å². The van der Waals surface area contributed by atoms with Crippen LogP contribution >= 0.6 is 11.8 Å². The molecule has 15 heavy (non-hydrogen) atoms. The first-order chi connectivity index (χ1) is 7.28. The third-order valence-corrected chi connectivity index (χ3v) is 4.35. The monoisotopic (exact) mass is 215 g/mol. The second-order valence-corrected chi connectivity index (χ2v) is 5.62. The summed E-state index contributed by atoms with van der Waals surface area (Å²) in [5.74, 6) is 0.481. The molecule has 2 aliphatic rings. The Balaban J connectivity index is 1.94. The largest absolute Gasteiger partial charge is 0.369 e. The van der Waals surface area contributed by atoms with E-state index >= 15 is 0 Å². The minimum atomic E-state index is 0.0766. The van der Waals surface area contributed by atoms with Crippen LogP contribution in [0.25, 0.3) is 0 Å². The summed E-state index contributed by atoms with van der Waals surface area (Å²) in [6, 6.07) is 8.51. The zero-order valence-electron chi connectivity index (χ0n) is 8.60. The number of para-hydroxylation sites is 1. The Labute approximate surface area is 94.3 Å². The van der Waals surface area contributed by atoms with Gasteiger partial charge in [-0.2, -0.15) is 0 Å². The molecule has 0 aromatic heterocycles.